The number of anilines is 2. The molecule has 0 spiro atoms. The van der Waals surface area contributed by atoms with E-state index in [1.807, 2.05) is 31.2 Å². The molecule has 2 aromatic rings. The summed E-state index contributed by atoms with van der Waals surface area (Å²) in [7, 11) is 1.77. The quantitative estimate of drug-likeness (QED) is 0.800. The first-order chi connectivity index (χ1) is 10.1. The van der Waals surface area contributed by atoms with Crippen LogP contribution in [0.2, 0.25) is 5.15 Å². The number of carbonyl (C=O) groups is 1. The van der Waals surface area contributed by atoms with Gasteiger partial charge in [0.2, 0.25) is 5.91 Å². The minimum Gasteiger partial charge on any atom is -0.354 e. The summed E-state index contributed by atoms with van der Waals surface area (Å²) in [5.41, 5.74) is 2.88. The first-order valence-electron chi connectivity index (χ1n) is 6.81. The summed E-state index contributed by atoms with van der Waals surface area (Å²) in [5, 5.41) is 0.432. The maximum Gasteiger partial charge on any atom is 0.249 e. The number of aromatic nitrogens is 1. The molecule has 2 heterocycles. The van der Waals surface area contributed by atoms with Gasteiger partial charge in [-0.1, -0.05) is 41.9 Å². The molecule has 0 fully saturated rings. The van der Waals surface area contributed by atoms with Gasteiger partial charge in [0, 0.05) is 19.7 Å². The van der Waals surface area contributed by atoms with E-state index in [4.69, 9.17) is 11.6 Å². The molecule has 0 radical (unpaired) electrons. The van der Waals surface area contributed by atoms with Gasteiger partial charge in [-0.05, 0) is 12.5 Å². The SMILES string of the molecule is CC1C(=O)N(C)c2cnc(Cl)cc2N1Cc1ccccc1. The second kappa shape index (κ2) is 5.37. The molecule has 3 rings (SSSR count). The van der Waals surface area contributed by atoms with Crippen molar-refractivity contribution in [2.45, 2.75) is 19.5 Å². The van der Waals surface area contributed by atoms with Gasteiger partial charge in [0.1, 0.15) is 11.2 Å². The number of halogens is 1. The third kappa shape index (κ3) is 2.47. The Kier molecular flexibility index (Phi) is 3.55. The molecule has 1 aliphatic rings. The second-order valence-electron chi connectivity index (χ2n) is 5.18. The molecule has 1 atom stereocenters. The Labute approximate surface area is 129 Å². The largest absolute Gasteiger partial charge is 0.354 e. The monoisotopic (exact) mass is 301 g/mol. The number of benzene rings is 1. The highest BCUT2D eigenvalue weighted by atomic mass is 35.5. The Morgan fingerprint density at radius 2 is 1.95 bits per heavy atom. The van der Waals surface area contributed by atoms with E-state index in [0.29, 0.717) is 11.7 Å². The molecule has 1 amide bonds. The van der Waals surface area contributed by atoms with Crippen LogP contribution in [-0.4, -0.2) is 24.0 Å². The second-order valence-corrected chi connectivity index (χ2v) is 5.57. The van der Waals surface area contributed by atoms with Crippen molar-refractivity contribution >= 4 is 28.9 Å². The molecule has 0 N–H and O–H groups in total. The van der Waals surface area contributed by atoms with Crippen molar-refractivity contribution in [1.29, 1.82) is 0 Å². The summed E-state index contributed by atoms with van der Waals surface area (Å²) in [4.78, 5) is 20.2. The topological polar surface area (TPSA) is 36.4 Å². The number of pyridine rings is 1. The summed E-state index contributed by atoms with van der Waals surface area (Å²) >= 11 is 6.04. The van der Waals surface area contributed by atoms with Gasteiger partial charge in [0.05, 0.1) is 17.6 Å². The van der Waals surface area contributed by atoms with E-state index >= 15 is 0 Å². The Hall–Kier alpha value is -2.07. The van der Waals surface area contributed by atoms with Crippen molar-refractivity contribution in [2.75, 3.05) is 16.8 Å². The number of fused-ring (bicyclic) bond motifs is 1. The first-order valence-corrected chi connectivity index (χ1v) is 7.19. The molecule has 0 bridgehead atoms. The highest BCUT2D eigenvalue weighted by molar-refractivity contribution is 6.30. The molecule has 0 saturated carbocycles. The lowest BCUT2D eigenvalue weighted by molar-refractivity contribution is -0.119. The zero-order valence-corrected chi connectivity index (χ0v) is 12.7. The first kappa shape index (κ1) is 13.9. The van der Waals surface area contributed by atoms with Gasteiger partial charge in [-0.15, -0.1) is 0 Å². The average Bonchev–Trinajstić information content (AvgIpc) is 2.50. The van der Waals surface area contributed by atoms with Crippen LogP contribution < -0.4 is 9.80 Å². The van der Waals surface area contributed by atoms with E-state index in [2.05, 4.69) is 22.0 Å². The molecule has 5 heteroatoms. The number of hydrogen-bond acceptors (Lipinski definition) is 3. The van der Waals surface area contributed by atoms with E-state index in [1.54, 1.807) is 18.1 Å². The molecule has 1 aliphatic heterocycles. The summed E-state index contributed by atoms with van der Waals surface area (Å²) in [6.45, 7) is 2.58. The van der Waals surface area contributed by atoms with Crippen molar-refractivity contribution < 1.29 is 4.79 Å². The lowest BCUT2D eigenvalue weighted by Gasteiger charge is -2.40. The number of rotatable bonds is 2. The van der Waals surface area contributed by atoms with Crippen LogP contribution in [-0.2, 0) is 11.3 Å². The number of nitrogens with zero attached hydrogens (tertiary/aromatic N) is 3. The van der Waals surface area contributed by atoms with Crippen LogP contribution in [0.5, 0.6) is 0 Å². The van der Waals surface area contributed by atoms with Crippen molar-refractivity contribution in [3.8, 4) is 0 Å². The summed E-state index contributed by atoms with van der Waals surface area (Å²) in [6, 6.07) is 11.7. The minimum atomic E-state index is -0.235. The Morgan fingerprint density at radius 1 is 1.24 bits per heavy atom. The van der Waals surface area contributed by atoms with Crippen molar-refractivity contribution in [3.05, 3.63) is 53.3 Å². The van der Waals surface area contributed by atoms with Crippen molar-refractivity contribution in [3.63, 3.8) is 0 Å². The standard InChI is InChI=1S/C16H16ClN3O/c1-11-16(21)19(2)14-9-18-15(17)8-13(14)20(11)10-12-6-4-3-5-7-12/h3-9,11H,10H2,1-2H3. The highest BCUT2D eigenvalue weighted by Crippen LogP contribution is 2.37. The lowest BCUT2D eigenvalue weighted by Crippen LogP contribution is -2.50. The van der Waals surface area contributed by atoms with Crippen LogP contribution >= 0.6 is 11.6 Å². The fourth-order valence-electron chi connectivity index (χ4n) is 2.64. The number of amides is 1. The molecule has 0 saturated heterocycles. The lowest BCUT2D eigenvalue weighted by atomic mass is 10.1. The van der Waals surface area contributed by atoms with E-state index in [9.17, 15) is 4.79 Å². The Balaban J connectivity index is 2.05. The fraction of sp³-hybridized carbons (Fsp3) is 0.250. The minimum absolute atomic E-state index is 0.0579. The molecular formula is C16H16ClN3O. The van der Waals surface area contributed by atoms with Crippen molar-refractivity contribution in [2.24, 2.45) is 0 Å². The third-order valence-corrected chi connectivity index (χ3v) is 4.06. The van der Waals surface area contributed by atoms with Crippen LogP contribution in [0.3, 0.4) is 0 Å². The van der Waals surface area contributed by atoms with Gasteiger partial charge in [-0.25, -0.2) is 4.98 Å². The molecule has 1 aromatic carbocycles. The molecular weight excluding hydrogens is 286 g/mol. The van der Waals surface area contributed by atoms with E-state index in [-0.39, 0.29) is 11.9 Å². The molecule has 0 aliphatic carbocycles. The zero-order valence-electron chi connectivity index (χ0n) is 12.0. The molecule has 4 nitrogen and oxygen atoms in total. The van der Waals surface area contributed by atoms with Gasteiger partial charge in [-0.2, -0.15) is 0 Å². The predicted molar refractivity (Wildman–Crippen MR) is 84.7 cm³/mol. The number of hydrogen-bond donors (Lipinski definition) is 0. The molecule has 108 valence electrons. The smallest absolute Gasteiger partial charge is 0.249 e. The summed E-state index contributed by atoms with van der Waals surface area (Å²) in [6.07, 6.45) is 1.65. The van der Waals surface area contributed by atoms with Crippen LogP contribution in [0.4, 0.5) is 11.4 Å². The van der Waals surface area contributed by atoms with Gasteiger partial charge in [0.15, 0.2) is 0 Å². The third-order valence-electron chi connectivity index (χ3n) is 3.85. The summed E-state index contributed by atoms with van der Waals surface area (Å²) < 4.78 is 0. The van der Waals surface area contributed by atoms with Crippen LogP contribution in [0.25, 0.3) is 0 Å². The summed E-state index contributed by atoms with van der Waals surface area (Å²) in [5.74, 6) is 0.0579. The van der Waals surface area contributed by atoms with Gasteiger partial charge in [-0.3, -0.25) is 4.79 Å². The fourth-order valence-corrected chi connectivity index (χ4v) is 2.80. The highest BCUT2D eigenvalue weighted by Gasteiger charge is 2.33. The van der Waals surface area contributed by atoms with E-state index < -0.39 is 0 Å². The maximum absolute atomic E-state index is 12.4. The van der Waals surface area contributed by atoms with E-state index in [1.165, 1.54) is 0 Å². The van der Waals surface area contributed by atoms with Gasteiger partial charge in [0.25, 0.3) is 0 Å². The Bertz CT molecular complexity index is 674. The van der Waals surface area contributed by atoms with Gasteiger partial charge < -0.3 is 9.80 Å². The maximum atomic E-state index is 12.4. The van der Waals surface area contributed by atoms with E-state index in [0.717, 1.165) is 16.9 Å². The normalized spacial score (nSPS) is 17.9. The van der Waals surface area contributed by atoms with Crippen molar-refractivity contribution in [1.82, 2.24) is 4.98 Å². The molecule has 1 unspecified atom stereocenters. The number of carbonyl (C=O) groups excluding carboxylic acids is 1. The zero-order chi connectivity index (χ0) is 15.0. The van der Waals surface area contributed by atoms with Crippen LogP contribution in [0.1, 0.15) is 12.5 Å². The van der Waals surface area contributed by atoms with Crippen LogP contribution in [0, 0.1) is 0 Å². The molecule has 1 aromatic heterocycles. The molecule has 21 heavy (non-hydrogen) atoms. The average molecular weight is 302 g/mol. The van der Waals surface area contributed by atoms with Crippen LogP contribution in [0.15, 0.2) is 42.6 Å². The number of likely N-dealkylation sites (N-methyl/N-ethyl adjacent to an activating group) is 1. The Morgan fingerprint density at radius 3 is 2.67 bits per heavy atom. The van der Waals surface area contributed by atoms with Gasteiger partial charge >= 0.3 is 0 Å². The predicted octanol–water partition coefficient (Wildman–Crippen LogP) is 3.11.